The summed E-state index contributed by atoms with van der Waals surface area (Å²) < 4.78 is 5.13. The maximum absolute atomic E-state index is 11.4. The summed E-state index contributed by atoms with van der Waals surface area (Å²) in [6.07, 6.45) is 0.328. The molecule has 0 saturated carbocycles. The van der Waals surface area contributed by atoms with Crippen molar-refractivity contribution in [2.75, 3.05) is 24.1 Å². The Morgan fingerprint density at radius 2 is 2.00 bits per heavy atom. The van der Waals surface area contributed by atoms with Crippen molar-refractivity contribution in [2.45, 2.75) is 32.8 Å². The predicted octanol–water partition coefficient (Wildman–Crippen LogP) is 2.53. The maximum atomic E-state index is 11.4. The van der Waals surface area contributed by atoms with Crippen LogP contribution in [0.5, 0.6) is 0 Å². The van der Waals surface area contributed by atoms with Crippen LogP contribution >= 0.6 is 23.6 Å². The highest BCUT2D eigenvalue weighted by molar-refractivity contribution is 7.80. The van der Waals surface area contributed by atoms with Gasteiger partial charge in [0.05, 0.1) is 11.4 Å². The predicted molar refractivity (Wildman–Crippen MR) is 91.8 cm³/mol. The van der Waals surface area contributed by atoms with Gasteiger partial charge in [-0.15, -0.1) is 11.3 Å². The smallest absolute Gasteiger partial charge is 0.407 e. The van der Waals surface area contributed by atoms with Crippen LogP contribution < -0.4 is 21.7 Å². The monoisotopic (exact) mass is 330 g/mol. The van der Waals surface area contributed by atoms with E-state index in [9.17, 15) is 4.79 Å². The van der Waals surface area contributed by atoms with Crippen molar-refractivity contribution in [1.82, 2.24) is 10.6 Å². The van der Waals surface area contributed by atoms with Crippen molar-refractivity contribution in [3.05, 3.63) is 10.8 Å². The van der Waals surface area contributed by atoms with E-state index >= 15 is 0 Å². The van der Waals surface area contributed by atoms with Gasteiger partial charge in [0.2, 0.25) is 0 Å². The highest BCUT2D eigenvalue weighted by Gasteiger charge is 2.15. The van der Waals surface area contributed by atoms with Gasteiger partial charge < -0.3 is 26.4 Å². The van der Waals surface area contributed by atoms with Crippen LogP contribution in [-0.2, 0) is 4.74 Å². The number of thiophene rings is 1. The molecule has 1 aromatic heterocycles. The number of ether oxygens (including phenoxy) is 1. The molecular formula is C13H22N4O2S2. The summed E-state index contributed by atoms with van der Waals surface area (Å²) in [5.41, 5.74) is 6.76. The maximum Gasteiger partial charge on any atom is 0.407 e. The fourth-order valence-electron chi connectivity index (χ4n) is 1.37. The lowest BCUT2D eigenvalue weighted by molar-refractivity contribution is 0.0527. The summed E-state index contributed by atoms with van der Waals surface area (Å²) in [4.78, 5) is 11.4. The molecule has 0 spiro atoms. The van der Waals surface area contributed by atoms with Crippen molar-refractivity contribution < 1.29 is 9.53 Å². The topological polar surface area (TPSA) is 88.4 Å². The Bertz CT molecular complexity index is 483. The average molecular weight is 330 g/mol. The Balaban J connectivity index is 2.10. The fourth-order valence-corrected chi connectivity index (χ4v) is 2.25. The summed E-state index contributed by atoms with van der Waals surface area (Å²) in [6, 6.07) is 0. The van der Waals surface area contributed by atoms with Gasteiger partial charge in [0.1, 0.15) is 5.60 Å². The number of hydrogen-bond acceptors (Lipinski definition) is 5. The first kappa shape index (κ1) is 17.5. The van der Waals surface area contributed by atoms with E-state index in [0.717, 1.165) is 12.1 Å². The zero-order valence-corrected chi connectivity index (χ0v) is 14.1. The first-order valence-electron chi connectivity index (χ1n) is 6.61. The Hall–Kier alpha value is -1.54. The Morgan fingerprint density at radius 3 is 2.57 bits per heavy atom. The molecule has 0 unspecified atom stereocenters. The normalized spacial score (nSPS) is 10.8. The van der Waals surface area contributed by atoms with Crippen LogP contribution in [0.1, 0.15) is 27.2 Å². The molecule has 1 rings (SSSR count). The van der Waals surface area contributed by atoms with Gasteiger partial charge in [-0.3, -0.25) is 0 Å². The SMILES string of the molecule is CC(C)(C)OC(=O)NCCCNC(=S)Nc1cscc1N. The molecule has 6 nitrogen and oxygen atoms in total. The van der Waals surface area contributed by atoms with E-state index in [-0.39, 0.29) is 0 Å². The van der Waals surface area contributed by atoms with E-state index in [1.165, 1.54) is 11.3 Å². The number of hydrogen-bond donors (Lipinski definition) is 4. The minimum absolute atomic E-state index is 0.408. The molecule has 0 bridgehead atoms. The average Bonchev–Trinajstić information content (AvgIpc) is 2.72. The van der Waals surface area contributed by atoms with Crippen LogP contribution in [0.3, 0.4) is 0 Å². The molecule has 0 aliphatic carbocycles. The molecule has 5 N–H and O–H groups in total. The Kier molecular flexibility index (Phi) is 6.70. The van der Waals surface area contributed by atoms with E-state index in [4.69, 9.17) is 22.7 Å². The molecule has 0 fully saturated rings. The molecular weight excluding hydrogens is 308 g/mol. The van der Waals surface area contributed by atoms with E-state index in [1.807, 2.05) is 31.5 Å². The minimum atomic E-state index is -0.478. The number of rotatable bonds is 5. The van der Waals surface area contributed by atoms with Crippen LogP contribution in [0.25, 0.3) is 0 Å². The largest absolute Gasteiger partial charge is 0.444 e. The summed E-state index contributed by atoms with van der Waals surface area (Å²) in [5.74, 6) is 0. The second-order valence-electron chi connectivity index (χ2n) is 5.40. The highest BCUT2D eigenvalue weighted by atomic mass is 32.1. The molecule has 0 aliphatic heterocycles. The van der Waals surface area contributed by atoms with Crippen molar-refractivity contribution in [1.29, 1.82) is 0 Å². The van der Waals surface area contributed by atoms with E-state index in [0.29, 0.717) is 23.9 Å². The van der Waals surface area contributed by atoms with Crippen molar-refractivity contribution >= 4 is 46.1 Å². The van der Waals surface area contributed by atoms with Gasteiger partial charge in [-0.1, -0.05) is 0 Å². The molecule has 8 heteroatoms. The Morgan fingerprint density at radius 1 is 1.33 bits per heavy atom. The number of carbonyl (C=O) groups is 1. The lowest BCUT2D eigenvalue weighted by atomic mass is 10.2. The lowest BCUT2D eigenvalue weighted by Crippen LogP contribution is -2.35. The second kappa shape index (κ2) is 8.04. The standard InChI is InChI=1S/C13H22N4O2S2/c1-13(2,3)19-12(18)16-6-4-5-15-11(20)17-10-8-21-7-9(10)14/h7-8H,4-6,14H2,1-3H3,(H,16,18)(H2,15,17,20). The van der Waals surface area contributed by atoms with Gasteiger partial charge in [-0.2, -0.15) is 0 Å². The minimum Gasteiger partial charge on any atom is -0.444 e. The third-order valence-electron chi connectivity index (χ3n) is 2.25. The van der Waals surface area contributed by atoms with Gasteiger partial charge in [-0.25, -0.2) is 4.79 Å². The fraction of sp³-hybridized carbons (Fsp3) is 0.538. The number of carbonyl (C=O) groups excluding carboxylic acids is 1. The highest BCUT2D eigenvalue weighted by Crippen LogP contribution is 2.22. The van der Waals surface area contributed by atoms with E-state index < -0.39 is 11.7 Å². The molecule has 0 atom stereocenters. The first-order chi connectivity index (χ1) is 9.78. The lowest BCUT2D eigenvalue weighted by Gasteiger charge is -2.19. The van der Waals surface area contributed by atoms with Crippen molar-refractivity contribution in [2.24, 2.45) is 0 Å². The molecule has 1 amide bonds. The number of nitrogens with one attached hydrogen (secondary N) is 3. The van der Waals surface area contributed by atoms with Crippen LogP contribution in [0, 0.1) is 0 Å². The summed E-state index contributed by atoms with van der Waals surface area (Å²) in [7, 11) is 0. The zero-order chi connectivity index (χ0) is 15.9. The van der Waals surface area contributed by atoms with Gasteiger partial charge in [0, 0.05) is 23.8 Å². The van der Waals surface area contributed by atoms with Crippen LogP contribution in [-0.4, -0.2) is 29.9 Å². The summed E-state index contributed by atoms with van der Waals surface area (Å²) in [6.45, 7) is 6.65. The molecule has 0 radical (unpaired) electrons. The molecule has 1 aromatic rings. The van der Waals surface area contributed by atoms with Crippen molar-refractivity contribution in [3.63, 3.8) is 0 Å². The van der Waals surface area contributed by atoms with E-state index in [1.54, 1.807) is 0 Å². The van der Waals surface area contributed by atoms with Gasteiger partial charge in [-0.05, 0) is 39.4 Å². The van der Waals surface area contributed by atoms with Crippen LogP contribution in [0.2, 0.25) is 0 Å². The number of thiocarbonyl (C=S) groups is 1. The quantitative estimate of drug-likeness (QED) is 0.490. The summed E-state index contributed by atoms with van der Waals surface area (Å²) >= 11 is 6.66. The zero-order valence-electron chi connectivity index (χ0n) is 12.5. The third-order valence-corrected chi connectivity index (χ3v) is 3.26. The number of nitrogen functional groups attached to an aromatic ring is 1. The molecule has 0 aromatic carbocycles. The van der Waals surface area contributed by atoms with E-state index in [2.05, 4.69) is 16.0 Å². The molecule has 0 saturated heterocycles. The number of anilines is 2. The van der Waals surface area contributed by atoms with Crippen LogP contribution in [0.15, 0.2) is 10.8 Å². The van der Waals surface area contributed by atoms with Gasteiger partial charge in [0.15, 0.2) is 5.11 Å². The molecule has 21 heavy (non-hydrogen) atoms. The number of alkyl carbamates (subject to hydrolysis) is 1. The Labute approximate surface area is 134 Å². The molecule has 0 aliphatic rings. The first-order valence-corrected chi connectivity index (χ1v) is 7.96. The summed E-state index contributed by atoms with van der Waals surface area (Å²) in [5, 5.41) is 13.0. The van der Waals surface area contributed by atoms with Crippen molar-refractivity contribution in [3.8, 4) is 0 Å². The second-order valence-corrected chi connectivity index (χ2v) is 6.56. The molecule has 1 heterocycles. The number of nitrogens with two attached hydrogens (primary N) is 1. The van der Waals surface area contributed by atoms with Crippen LogP contribution in [0.4, 0.5) is 16.2 Å². The molecule has 118 valence electrons. The number of amides is 1. The third kappa shape index (κ3) is 7.72. The van der Waals surface area contributed by atoms with Gasteiger partial charge >= 0.3 is 6.09 Å². The van der Waals surface area contributed by atoms with Gasteiger partial charge in [0.25, 0.3) is 0 Å².